The third-order valence-corrected chi connectivity index (χ3v) is 3.67. The Morgan fingerprint density at radius 3 is 2.68 bits per heavy atom. The summed E-state index contributed by atoms with van der Waals surface area (Å²) in [6.07, 6.45) is -0.191. The lowest BCUT2D eigenvalue weighted by molar-refractivity contribution is 0.0636. The second-order valence-corrected chi connectivity index (χ2v) is 6.55. The van der Waals surface area contributed by atoms with E-state index in [1.807, 2.05) is 25.1 Å². The van der Waals surface area contributed by atoms with Crippen LogP contribution in [0.5, 0.6) is 0 Å². The van der Waals surface area contributed by atoms with Gasteiger partial charge < -0.3 is 10.2 Å². The van der Waals surface area contributed by atoms with E-state index >= 15 is 0 Å². The molecule has 1 aliphatic heterocycles. The zero-order valence-electron chi connectivity index (χ0n) is 11.7. The van der Waals surface area contributed by atoms with Crippen molar-refractivity contribution in [1.29, 1.82) is 0 Å². The van der Waals surface area contributed by atoms with Crippen molar-refractivity contribution in [2.75, 3.05) is 11.9 Å². The van der Waals surface area contributed by atoms with Gasteiger partial charge in [-0.1, -0.05) is 6.07 Å². The minimum Gasteiger partial charge on any atom is -0.351 e. The highest BCUT2D eigenvalue weighted by Gasteiger charge is 2.33. The lowest BCUT2D eigenvalue weighted by Gasteiger charge is -2.41. The molecule has 104 valence electrons. The smallest absolute Gasteiger partial charge is 0.258 e. The van der Waals surface area contributed by atoms with Crippen molar-refractivity contribution in [2.24, 2.45) is 0 Å². The van der Waals surface area contributed by atoms with E-state index in [0.717, 1.165) is 10.2 Å². The molecule has 19 heavy (non-hydrogen) atoms. The second kappa shape index (κ2) is 5.13. The van der Waals surface area contributed by atoms with Gasteiger partial charge in [-0.15, -0.1) is 0 Å². The van der Waals surface area contributed by atoms with E-state index in [1.54, 1.807) is 4.90 Å². The van der Waals surface area contributed by atoms with Gasteiger partial charge in [-0.3, -0.25) is 10.1 Å². The first-order valence-electron chi connectivity index (χ1n) is 6.47. The molecular weight excluding hydrogens is 306 g/mol. The highest BCUT2D eigenvalue weighted by atomic mass is 79.9. The molecule has 0 bridgehead atoms. The normalized spacial score (nSPS) is 19.1. The van der Waals surface area contributed by atoms with Gasteiger partial charge in [0.1, 0.15) is 0 Å². The fourth-order valence-electron chi connectivity index (χ4n) is 2.19. The maximum Gasteiger partial charge on any atom is 0.258 e. The Balaban J connectivity index is 2.39. The Hall–Kier alpha value is -1.07. The van der Waals surface area contributed by atoms with E-state index < -0.39 is 0 Å². The number of amides is 1. The van der Waals surface area contributed by atoms with E-state index in [4.69, 9.17) is 0 Å². The highest BCUT2D eigenvalue weighted by molar-refractivity contribution is 9.10. The SMILES string of the molecule is CCN1C(=O)c2cccc(Br)c2NC1NC(C)(C)C. The van der Waals surface area contributed by atoms with Crippen molar-refractivity contribution in [1.82, 2.24) is 10.2 Å². The summed E-state index contributed by atoms with van der Waals surface area (Å²) in [5.74, 6) is 0.0549. The number of carbonyl (C=O) groups excluding carboxylic acids is 1. The van der Waals surface area contributed by atoms with E-state index in [0.29, 0.717) is 12.1 Å². The topological polar surface area (TPSA) is 44.4 Å². The molecule has 1 aliphatic rings. The monoisotopic (exact) mass is 325 g/mol. The zero-order valence-corrected chi connectivity index (χ0v) is 13.3. The summed E-state index contributed by atoms with van der Waals surface area (Å²) in [6, 6.07) is 5.67. The van der Waals surface area contributed by atoms with Gasteiger partial charge in [0, 0.05) is 16.6 Å². The molecule has 0 fully saturated rings. The summed E-state index contributed by atoms with van der Waals surface area (Å²) in [7, 11) is 0. The summed E-state index contributed by atoms with van der Waals surface area (Å²) in [5, 5.41) is 6.83. The molecule has 1 heterocycles. The number of nitrogens with zero attached hydrogens (tertiary/aromatic N) is 1. The largest absolute Gasteiger partial charge is 0.351 e. The molecule has 5 heteroatoms. The number of rotatable bonds is 2. The predicted octanol–water partition coefficient (Wildman–Crippen LogP) is 3.01. The minimum absolute atomic E-state index is 0.0549. The lowest BCUT2D eigenvalue weighted by Crippen LogP contribution is -2.60. The fourth-order valence-corrected chi connectivity index (χ4v) is 2.67. The van der Waals surface area contributed by atoms with Gasteiger partial charge in [0.2, 0.25) is 0 Å². The molecule has 1 aromatic rings. The number of hydrogen-bond acceptors (Lipinski definition) is 3. The van der Waals surface area contributed by atoms with Crippen molar-refractivity contribution < 1.29 is 4.79 Å². The number of hydrogen-bond donors (Lipinski definition) is 2. The Labute approximate surface area is 122 Å². The molecule has 0 spiro atoms. The molecular formula is C14H20BrN3O. The highest BCUT2D eigenvalue weighted by Crippen LogP contribution is 2.32. The molecule has 0 aliphatic carbocycles. The van der Waals surface area contributed by atoms with Gasteiger partial charge in [0.05, 0.1) is 11.3 Å². The number of benzene rings is 1. The van der Waals surface area contributed by atoms with E-state index in [-0.39, 0.29) is 17.7 Å². The van der Waals surface area contributed by atoms with E-state index in [2.05, 4.69) is 47.3 Å². The summed E-state index contributed by atoms with van der Waals surface area (Å²) >= 11 is 3.50. The molecule has 1 aromatic carbocycles. The van der Waals surface area contributed by atoms with Crippen LogP contribution in [0.1, 0.15) is 38.1 Å². The van der Waals surface area contributed by atoms with Gasteiger partial charge in [0.15, 0.2) is 6.29 Å². The molecule has 0 radical (unpaired) electrons. The Bertz CT molecular complexity index is 496. The molecule has 1 amide bonds. The van der Waals surface area contributed by atoms with Crippen LogP contribution >= 0.6 is 15.9 Å². The minimum atomic E-state index is -0.191. The second-order valence-electron chi connectivity index (χ2n) is 5.69. The van der Waals surface area contributed by atoms with Gasteiger partial charge in [0.25, 0.3) is 5.91 Å². The van der Waals surface area contributed by atoms with Crippen molar-refractivity contribution >= 4 is 27.5 Å². The van der Waals surface area contributed by atoms with Crippen LogP contribution in [-0.2, 0) is 0 Å². The maximum atomic E-state index is 12.5. The van der Waals surface area contributed by atoms with Crippen LogP contribution in [0.25, 0.3) is 0 Å². The number of halogens is 1. The van der Waals surface area contributed by atoms with Crippen molar-refractivity contribution in [3.05, 3.63) is 28.2 Å². The third kappa shape index (κ3) is 2.92. The molecule has 1 unspecified atom stereocenters. The van der Waals surface area contributed by atoms with Crippen LogP contribution in [-0.4, -0.2) is 29.2 Å². The van der Waals surface area contributed by atoms with Gasteiger partial charge in [-0.25, -0.2) is 0 Å². The van der Waals surface area contributed by atoms with Crippen molar-refractivity contribution in [3.63, 3.8) is 0 Å². The first kappa shape index (κ1) is 14.3. The first-order chi connectivity index (χ1) is 8.83. The van der Waals surface area contributed by atoms with Crippen molar-refractivity contribution in [3.8, 4) is 0 Å². The third-order valence-electron chi connectivity index (χ3n) is 3.01. The Kier molecular flexibility index (Phi) is 3.87. The average Bonchev–Trinajstić information content (AvgIpc) is 2.29. The lowest BCUT2D eigenvalue weighted by atomic mass is 10.1. The molecule has 0 saturated heterocycles. The number of carbonyl (C=O) groups is 1. The Morgan fingerprint density at radius 2 is 2.11 bits per heavy atom. The molecule has 0 aromatic heterocycles. The first-order valence-corrected chi connectivity index (χ1v) is 7.26. The number of para-hydroxylation sites is 1. The molecule has 2 rings (SSSR count). The molecule has 2 N–H and O–H groups in total. The maximum absolute atomic E-state index is 12.5. The Morgan fingerprint density at radius 1 is 1.42 bits per heavy atom. The van der Waals surface area contributed by atoms with Gasteiger partial charge in [-0.05, 0) is 55.8 Å². The molecule has 0 saturated carbocycles. The summed E-state index contributed by atoms with van der Waals surface area (Å²) in [6.45, 7) is 8.90. The van der Waals surface area contributed by atoms with Crippen LogP contribution in [0.3, 0.4) is 0 Å². The van der Waals surface area contributed by atoms with Crippen LogP contribution < -0.4 is 10.6 Å². The number of nitrogens with one attached hydrogen (secondary N) is 2. The number of anilines is 1. The van der Waals surface area contributed by atoms with Crippen LogP contribution in [0, 0.1) is 0 Å². The quantitative estimate of drug-likeness (QED) is 0.878. The van der Waals surface area contributed by atoms with E-state index in [9.17, 15) is 4.79 Å². The average molecular weight is 326 g/mol. The summed E-state index contributed by atoms with van der Waals surface area (Å²) in [4.78, 5) is 14.3. The predicted molar refractivity (Wildman–Crippen MR) is 81.2 cm³/mol. The summed E-state index contributed by atoms with van der Waals surface area (Å²) in [5.41, 5.74) is 1.49. The zero-order chi connectivity index (χ0) is 14.2. The van der Waals surface area contributed by atoms with E-state index in [1.165, 1.54) is 0 Å². The van der Waals surface area contributed by atoms with Crippen LogP contribution in [0.2, 0.25) is 0 Å². The summed E-state index contributed by atoms with van der Waals surface area (Å²) < 4.78 is 0.912. The fraction of sp³-hybridized carbons (Fsp3) is 0.500. The molecule has 1 atom stereocenters. The molecule has 4 nitrogen and oxygen atoms in total. The van der Waals surface area contributed by atoms with Crippen molar-refractivity contribution in [2.45, 2.75) is 39.5 Å². The van der Waals surface area contributed by atoms with Crippen LogP contribution in [0.4, 0.5) is 5.69 Å². The van der Waals surface area contributed by atoms with Gasteiger partial charge in [-0.2, -0.15) is 0 Å². The standard InChI is InChI=1S/C14H20BrN3O/c1-5-18-12(19)9-7-6-8-10(15)11(9)16-13(18)17-14(2,3)4/h6-8,13,16-17H,5H2,1-4H3. The van der Waals surface area contributed by atoms with Crippen LogP contribution in [0.15, 0.2) is 22.7 Å². The number of fused-ring (bicyclic) bond motifs is 1. The van der Waals surface area contributed by atoms with Gasteiger partial charge >= 0.3 is 0 Å².